The molecule has 1 aromatic heterocycles. The Morgan fingerprint density at radius 2 is 2.00 bits per heavy atom. The third kappa shape index (κ3) is 3.43. The van der Waals surface area contributed by atoms with Gasteiger partial charge in [-0.25, -0.2) is 0 Å². The van der Waals surface area contributed by atoms with Crippen molar-refractivity contribution >= 4 is 17.2 Å². The van der Waals surface area contributed by atoms with Gasteiger partial charge in [0.2, 0.25) is 0 Å². The molecule has 0 bridgehead atoms. The van der Waals surface area contributed by atoms with E-state index in [4.69, 9.17) is 5.73 Å². The van der Waals surface area contributed by atoms with Gasteiger partial charge in [-0.15, -0.1) is 11.3 Å². The molecule has 2 aromatic rings. The molecule has 0 aliphatic carbocycles. The molecule has 0 saturated heterocycles. The Morgan fingerprint density at radius 1 is 1.26 bits per heavy atom. The predicted molar refractivity (Wildman–Crippen MR) is 79.3 cm³/mol. The van der Waals surface area contributed by atoms with Gasteiger partial charge in [-0.3, -0.25) is 4.79 Å². The highest BCUT2D eigenvalue weighted by Crippen LogP contribution is 2.19. The van der Waals surface area contributed by atoms with Crippen LogP contribution in [0.15, 0.2) is 41.8 Å². The lowest BCUT2D eigenvalue weighted by Gasteiger charge is -2.22. The van der Waals surface area contributed by atoms with Crippen LogP contribution in [-0.4, -0.2) is 23.9 Å². The van der Waals surface area contributed by atoms with E-state index in [0.717, 1.165) is 16.0 Å². The first-order chi connectivity index (χ1) is 9.22. The minimum absolute atomic E-state index is 0.0711. The van der Waals surface area contributed by atoms with Gasteiger partial charge in [-0.05, 0) is 29.5 Å². The molecule has 0 aliphatic rings. The summed E-state index contributed by atoms with van der Waals surface area (Å²) < 4.78 is 0. The van der Waals surface area contributed by atoms with E-state index in [1.165, 1.54) is 11.3 Å². The van der Waals surface area contributed by atoms with Crippen molar-refractivity contribution in [3.63, 3.8) is 0 Å². The van der Waals surface area contributed by atoms with E-state index >= 15 is 0 Å². The molecular formula is C15H18N2OS. The van der Waals surface area contributed by atoms with Crippen LogP contribution in [0.5, 0.6) is 0 Å². The summed E-state index contributed by atoms with van der Waals surface area (Å²) in [6.45, 7) is 3.62. The van der Waals surface area contributed by atoms with Crippen molar-refractivity contribution in [1.82, 2.24) is 4.90 Å². The van der Waals surface area contributed by atoms with Gasteiger partial charge >= 0.3 is 0 Å². The van der Waals surface area contributed by atoms with Crippen molar-refractivity contribution in [2.75, 3.05) is 13.1 Å². The van der Waals surface area contributed by atoms with Crippen LogP contribution in [0.1, 0.15) is 20.8 Å². The number of aryl methyl sites for hydroxylation is 1. The van der Waals surface area contributed by atoms with E-state index in [2.05, 4.69) is 0 Å². The van der Waals surface area contributed by atoms with Crippen LogP contribution >= 0.6 is 11.3 Å². The second kappa shape index (κ2) is 6.50. The Morgan fingerprint density at radius 3 is 2.58 bits per heavy atom. The van der Waals surface area contributed by atoms with Gasteiger partial charge in [0, 0.05) is 19.6 Å². The highest BCUT2D eigenvalue weighted by Gasteiger charge is 2.18. The number of benzene rings is 1. The number of hydrogen-bond donors (Lipinski definition) is 1. The molecule has 1 aromatic carbocycles. The van der Waals surface area contributed by atoms with Crippen LogP contribution in [0.4, 0.5) is 0 Å². The normalized spacial score (nSPS) is 10.4. The lowest BCUT2D eigenvalue weighted by Crippen LogP contribution is -2.34. The van der Waals surface area contributed by atoms with E-state index < -0.39 is 0 Å². The smallest absolute Gasteiger partial charge is 0.264 e. The predicted octanol–water partition coefficient (Wildman–Crippen LogP) is 2.66. The zero-order valence-electron chi connectivity index (χ0n) is 11.0. The standard InChI is InChI=1S/C15H18N2OS/c1-12-7-10-19-14(12)15(18)17(9-8-16)11-13-5-3-2-4-6-13/h2-7,10H,8-9,11,16H2,1H3. The van der Waals surface area contributed by atoms with Crippen molar-refractivity contribution in [1.29, 1.82) is 0 Å². The number of carbonyl (C=O) groups excluding carboxylic acids is 1. The first kappa shape index (κ1) is 13.8. The molecule has 0 saturated carbocycles. The van der Waals surface area contributed by atoms with Crippen LogP contribution in [0, 0.1) is 6.92 Å². The summed E-state index contributed by atoms with van der Waals surface area (Å²) >= 11 is 1.49. The van der Waals surface area contributed by atoms with Gasteiger partial charge in [0.05, 0.1) is 4.88 Å². The molecule has 0 unspecified atom stereocenters. The Balaban J connectivity index is 2.16. The summed E-state index contributed by atoms with van der Waals surface area (Å²) in [4.78, 5) is 15.1. The van der Waals surface area contributed by atoms with Crippen LogP contribution in [0.25, 0.3) is 0 Å². The fraction of sp³-hybridized carbons (Fsp3) is 0.267. The monoisotopic (exact) mass is 274 g/mol. The summed E-state index contributed by atoms with van der Waals surface area (Å²) in [6, 6.07) is 12.0. The van der Waals surface area contributed by atoms with E-state index in [1.807, 2.05) is 53.6 Å². The molecule has 2 N–H and O–H groups in total. The molecular weight excluding hydrogens is 256 g/mol. The SMILES string of the molecule is Cc1ccsc1C(=O)N(CCN)Cc1ccccc1. The lowest BCUT2D eigenvalue weighted by molar-refractivity contribution is 0.0752. The fourth-order valence-corrected chi connectivity index (χ4v) is 2.84. The van der Waals surface area contributed by atoms with Gasteiger partial charge in [-0.2, -0.15) is 0 Å². The minimum atomic E-state index is 0.0711. The maximum Gasteiger partial charge on any atom is 0.264 e. The summed E-state index contributed by atoms with van der Waals surface area (Å²) in [6.07, 6.45) is 0. The summed E-state index contributed by atoms with van der Waals surface area (Å²) in [5.74, 6) is 0.0711. The van der Waals surface area contributed by atoms with Crippen molar-refractivity contribution in [3.05, 3.63) is 57.8 Å². The van der Waals surface area contributed by atoms with Gasteiger partial charge in [0.15, 0.2) is 0 Å². The minimum Gasteiger partial charge on any atom is -0.332 e. The first-order valence-electron chi connectivity index (χ1n) is 6.29. The number of rotatable bonds is 5. The average molecular weight is 274 g/mol. The van der Waals surface area contributed by atoms with E-state index in [-0.39, 0.29) is 5.91 Å². The van der Waals surface area contributed by atoms with Gasteiger partial charge in [0.25, 0.3) is 5.91 Å². The topological polar surface area (TPSA) is 46.3 Å². The molecule has 0 spiro atoms. The molecule has 0 atom stereocenters. The maximum atomic E-state index is 12.5. The average Bonchev–Trinajstić information content (AvgIpc) is 2.85. The molecule has 0 fully saturated rings. The molecule has 1 amide bonds. The molecule has 1 heterocycles. The molecule has 19 heavy (non-hydrogen) atoms. The maximum absolute atomic E-state index is 12.5. The molecule has 2 rings (SSSR count). The number of carbonyl (C=O) groups is 1. The zero-order valence-corrected chi connectivity index (χ0v) is 11.8. The van der Waals surface area contributed by atoms with Crippen molar-refractivity contribution in [2.24, 2.45) is 5.73 Å². The van der Waals surface area contributed by atoms with Crippen LogP contribution < -0.4 is 5.73 Å². The summed E-state index contributed by atoms with van der Waals surface area (Å²) in [5.41, 5.74) is 7.78. The first-order valence-corrected chi connectivity index (χ1v) is 7.17. The second-order valence-corrected chi connectivity index (χ2v) is 5.35. The lowest BCUT2D eigenvalue weighted by atomic mass is 10.2. The number of nitrogens with two attached hydrogens (primary N) is 1. The van der Waals surface area contributed by atoms with E-state index in [0.29, 0.717) is 19.6 Å². The van der Waals surface area contributed by atoms with E-state index in [1.54, 1.807) is 0 Å². The molecule has 0 radical (unpaired) electrons. The third-order valence-electron chi connectivity index (χ3n) is 2.96. The molecule has 100 valence electrons. The van der Waals surface area contributed by atoms with Crippen LogP contribution in [0.2, 0.25) is 0 Å². The highest BCUT2D eigenvalue weighted by atomic mass is 32.1. The summed E-state index contributed by atoms with van der Waals surface area (Å²) in [7, 11) is 0. The third-order valence-corrected chi connectivity index (χ3v) is 3.96. The zero-order chi connectivity index (χ0) is 13.7. The highest BCUT2D eigenvalue weighted by molar-refractivity contribution is 7.12. The Labute approximate surface area is 117 Å². The Bertz CT molecular complexity index is 536. The molecule has 4 heteroatoms. The number of hydrogen-bond acceptors (Lipinski definition) is 3. The fourth-order valence-electron chi connectivity index (χ4n) is 1.95. The molecule has 3 nitrogen and oxygen atoms in total. The van der Waals surface area contributed by atoms with Crippen molar-refractivity contribution < 1.29 is 4.79 Å². The quantitative estimate of drug-likeness (QED) is 0.911. The second-order valence-electron chi connectivity index (χ2n) is 4.43. The van der Waals surface area contributed by atoms with Crippen LogP contribution in [-0.2, 0) is 6.54 Å². The summed E-state index contributed by atoms with van der Waals surface area (Å²) in [5, 5.41) is 1.95. The number of amides is 1. The van der Waals surface area contributed by atoms with Gasteiger partial charge in [-0.1, -0.05) is 30.3 Å². The van der Waals surface area contributed by atoms with Crippen LogP contribution in [0.3, 0.4) is 0 Å². The van der Waals surface area contributed by atoms with Gasteiger partial charge < -0.3 is 10.6 Å². The largest absolute Gasteiger partial charge is 0.332 e. The number of thiophene rings is 1. The van der Waals surface area contributed by atoms with Gasteiger partial charge in [0.1, 0.15) is 0 Å². The van der Waals surface area contributed by atoms with Crippen molar-refractivity contribution in [3.8, 4) is 0 Å². The van der Waals surface area contributed by atoms with E-state index in [9.17, 15) is 4.79 Å². The number of nitrogens with zero attached hydrogens (tertiary/aromatic N) is 1. The Kier molecular flexibility index (Phi) is 4.71. The molecule has 0 aliphatic heterocycles. The Hall–Kier alpha value is -1.65. The van der Waals surface area contributed by atoms with Crippen molar-refractivity contribution in [2.45, 2.75) is 13.5 Å².